The van der Waals surface area contributed by atoms with Crippen molar-refractivity contribution < 1.29 is 26.0 Å². The molecule has 0 saturated heterocycles. The summed E-state index contributed by atoms with van der Waals surface area (Å²) < 4.78 is 57.2. The van der Waals surface area contributed by atoms with E-state index in [0.717, 1.165) is 0 Å². The fourth-order valence-electron chi connectivity index (χ4n) is 1.37. The molecule has 0 atom stereocenters. The molecule has 0 bridgehead atoms. The van der Waals surface area contributed by atoms with Gasteiger partial charge < -0.3 is 14.5 Å². The highest BCUT2D eigenvalue weighted by atomic mass is 32.2. The lowest BCUT2D eigenvalue weighted by atomic mass is 10.4. The van der Waals surface area contributed by atoms with Crippen LogP contribution in [0.4, 0.5) is 0 Å². The van der Waals surface area contributed by atoms with Crippen LogP contribution in [0.5, 0.6) is 0 Å². The summed E-state index contributed by atoms with van der Waals surface area (Å²) in [7, 11) is -6.03. The van der Waals surface area contributed by atoms with Crippen LogP contribution in [-0.2, 0) is 31.3 Å². The number of nitrogens with one attached hydrogen (secondary N) is 2. The number of hydrogen-bond donors (Lipinski definition) is 3. The molecule has 1 heterocycles. The molecule has 11 heteroatoms. The van der Waals surface area contributed by atoms with Crippen molar-refractivity contribution >= 4 is 20.0 Å². The van der Waals surface area contributed by atoms with Gasteiger partial charge in [0.05, 0.1) is 18.9 Å². The van der Waals surface area contributed by atoms with E-state index in [0.29, 0.717) is 25.5 Å². The second kappa shape index (κ2) is 7.87. The van der Waals surface area contributed by atoms with Gasteiger partial charge in [0.2, 0.25) is 15.1 Å². The van der Waals surface area contributed by atoms with Crippen LogP contribution in [0.1, 0.15) is 5.76 Å². The Morgan fingerprint density at radius 1 is 1.24 bits per heavy atom. The second-order valence-electron chi connectivity index (χ2n) is 4.16. The summed E-state index contributed by atoms with van der Waals surface area (Å²) in [5.74, 6) is -0.0452. The minimum Gasteiger partial charge on any atom is -0.447 e. The molecule has 0 aliphatic carbocycles. The molecule has 0 radical (unpaired) electrons. The number of sulfonamides is 2. The number of hydrogen-bond acceptors (Lipinski definition) is 7. The Morgan fingerprint density at radius 3 is 2.57 bits per heavy atom. The molecule has 0 fully saturated rings. The molecule has 1 aromatic rings. The Morgan fingerprint density at radius 2 is 1.95 bits per heavy atom. The Kier molecular flexibility index (Phi) is 6.77. The van der Waals surface area contributed by atoms with Crippen LogP contribution in [0.15, 0.2) is 21.6 Å². The minimum atomic E-state index is -3.89. The summed E-state index contributed by atoms with van der Waals surface area (Å²) in [4.78, 5) is 0. The van der Waals surface area contributed by atoms with Crippen molar-refractivity contribution in [3.8, 4) is 0 Å². The van der Waals surface area contributed by atoms with Crippen molar-refractivity contribution in [1.82, 2.24) is 10.0 Å². The SMILES string of the molecule is COCCNCc1ccc(S(=O)(=O)NCCS(N)(=O)=O)o1. The van der Waals surface area contributed by atoms with E-state index in [4.69, 9.17) is 14.3 Å². The minimum absolute atomic E-state index is 0.277. The summed E-state index contributed by atoms with van der Waals surface area (Å²) in [6, 6.07) is 2.82. The first-order valence-electron chi connectivity index (χ1n) is 6.03. The first kappa shape index (κ1) is 18.1. The van der Waals surface area contributed by atoms with Gasteiger partial charge in [-0.25, -0.2) is 26.7 Å². The van der Waals surface area contributed by atoms with Gasteiger partial charge in [-0.1, -0.05) is 0 Å². The third kappa shape index (κ3) is 7.02. The molecular formula is C10H19N3O6S2. The Hall–Kier alpha value is -0.980. The normalized spacial score (nSPS) is 12.7. The van der Waals surface area contributed by atoms with Crippen molar-refractivity contribution in [2.45, 2.75) is 11.6 Å². The highest BCUT2D eigenvalue weighted by Crippen LogP contribution is 2.13. The van der Waals surface area contributed by atoms with Gasteiger partial charge in [0.15, 0.2) is 0 Å². The van der Waals surface area contributed by atoms with Gasteiger partial charge in [-0.3, -0.25) is 0 Å². The lowest BCUT2D eigenvalue weighted by molar-refractivity contribution is 0.198. The molecule has 21 heavy (non-hydrogen) atoms. The van der Waals surface area contributed by atoms with Crippen molar-refractivity contribution in [3.63, 3.8) is 0 Å². The van der Waals surface area contributed by atoms with E-state index in [1.54, 1.807) is 7.11 Å². The molecule has 9 nitrogen and oxygen atoms in total. The Bertz CT molecular complexity index is 638. The number of nitrogens with two attached hydrogens (primary N) is 1. The van der Waals surface area contributed by atoms with Crippen molar-refractivity contribution in [1.29, 1.82) is 0 Å². The predicted octanol–water partition coefficient (Wildman–Crippen LogP) is -1.42. The van der Waals surface area contributed by atoms with Crippen molar-refractivity contribution in [3.05, 3.63) is 17.9 Å². The Balaban J connectivity index is 2.53. The third-order valence-corrected chi connectivity index (χ3v) is 4.47. The van der Waals surface area contributed by atoms with Crippen LogP contribution in [-0.4, -0.2) is 49.4 Å². The molecule has 0 aliphatic heterocycles. The van der Waals surface area contributed by atoms with Crippen molar-refractivity contribution in [2.75, 3.05) is 32.6 Å². The van der Waals surface area contributed by atoms with E-state index in [1.807, 2.05) is 0 Å². The largest absolute Gasteiger partial charge is 0.447 e. The average molecular weight is 341 g/mol. The van der Waals surface area contributed by atoms with Crippen LogP contribution >= 0.6 is 0 Å². The third-order valence-electron chi connectivity index (χ3n) is 2.36. The first-order valence-corrected chi connectivity index (χ1v) is 9.23. The van der Waals surface area contributed by atoms with Crippen LogP contribution in [0.25, 0.3) is 0 Å². The van der Waals surface area contributed by atoms with Crippen LogP contribution in [0, 0.1) is 0 Å². The fourth-order valence-corrected chi connectivity index (χ4v) is 2.87. The van der Waals surface area contributed by atoms with Gasteiger partial charge in [-0.05, 0) is 12.1 Å². The molecule has 122 valence electrons. The van der Waals surface area contributed by atoms with Crippen LogP contribution in [0.3, 0.4) is 0 Å². The average Bonchev–Trinajstić information content (AvgIpc) is 2.82. The van der Waals surface area contributed by atoms with Crippen LogP contribution in [0.2, 0.25) is 0 Å². The maximum Gasteiger partial charge on any atom is 0.273 e. The maximum absolute atomic E-state index is 11.8. The molecule has 0 unspecified atom stereocenters. The molecule has 0 spiro atoms. The van der Waals surface area contributed by atoms with E-state index in [9.17, 15) is 16.8 Å². The lowest BCUT2D eigenvalue weighted by Crippen LogP contribution is -2.31. The summed E-state index contributed by atoms with van der Waals surface area (Å²) in [6.07, 6.45) is 0. The number of methoxy groups -OCH3 is 1. The van der Waals surface area contributed by atoms with Gasteiger partial charge in [0, 0.05) is 20.2 Å². The zero-order chi connectivity index (χ0) is 15.9. The zero-order valence-electron chi connectivity index (χ0n) is 11.5. The highest BCUT2D eigenvalue weighted by Gasteiger charge is 2.19. The molecule has 1 aromatic heterocycles. The number of rotatable bonds is 10. The highest BCUT2D eigenvalue weighted by molar-refractivity contribution is 7.90. The van der Waals surface area contributed by atoms with E-state index in [2.05, 4.69) is 10.0 Å². The molecule has 1 rings (SSSR count). The number of ether oxygens (including phenoxy) is 1. The fraction of sp³-hybridized carbons (Fsp3) is 0.600. The lowest BCUT2D eigenvalue weighted by Gasteiger charge is -2.03. The number of primary sulfonamides is 1. The number of furan rings is 1. The molecule has 4 N–H and O–H groups in total. The first-order chi connectivity index (χ1) is 9.74. The van der Waals surface area contributed by atoms with Gasteiger partial charge in [0.25, 0.3) is 10.0 Å². The second-order valence-corrected chi connectivity index (χ2v) is 7.59. The maximum atomic E-state index is 11.8. The molecule has 0 amide bonds. The summed E-state index contributed by atoms with van der Waals surface area (Å²) in [5, 5.41) is 7.51. The van der Waals surface area contributed by atoms with Crippen molar-refractivity contribution in [2.24, 2.45) is 5.14 Å². The summed E-state index contributed by atoms with van der Waals surface area (Å²) in [6.45, 7) is 1.17. The van der Waals surface area contributed by atoms with E-state index < -0.39 is 25.8 Å². The van der Waals surface area contributed by atoms with Gasteiger partial charge in [-0.2, -0.15) is 0 Å². The quantitative estimate of drug-likeness (QED) is 0.444. The molecular weight excluding hydrogens is 322 g/mol. The van der Waals surface area contributed by atoms with Crippen LogP contribution < -0.4 is 15.2 Å². The zero-order valence-corrected chi connectivity index (χ0v) is 13.2. The monoisotopic (exact) mass is 341 g/mol. The van der Waals surface area contributed by atoms with Gasteiger partial charge in [0.1, 0.15) is 5.76 Å². The van der Waals surface area contributed by atoms with Gasteiger partial charge in [-0.15, -0.1) is 0 Å². The molecule has 0 saturated carbocycles. The van der Waals surface area contributed by atoms with E-state index in [-0.39, 0.29) is 11.6 Å². The predicted molar refractivity (Wildman–Crippen MR) is 75.5 cm³/mol. The van der Waals surface area contributed by atoms with Gasteiger partial charge >= 0.3 is 0 Å². The summed E-state index contributed by atoms with van der Waals surface area (Å²) in [5.41, 5.74) is 0. The van der Waals surface area contributed by atoms with E-state index >= 15 is 0 Å². The topological polar surface area (TPSA) is 141 Å². The summed E-state index contributed by atoms with van der Waals surface area (Å²) >= 11 is 0. The Labute approximate surface area is 123 Å². The molecule has 0 aliphatic rings. The van der Waals surface area contributed by atoms with E-state index in [1.165, 1.54) is 12.1 Å². The standard InChI is InChI=1S/C10H19N3O6S2/c1-18-6-4-12-8-9-2-3-10(19-9)21(16,17)13-5-7-20(11,14)15/h2-3,12-13H,4-8H2,1H3,(H2,11,14,15). The smallest absolute Gasteiger partial charge is 0.273 e. The molecule has 0 aromatic carbocycles.